The number of hydrogen-bond acceptors (Lipinski definition) is 3. The van der Waals surface area contributed by atoms with Crippen molar-refractivity contribution in [2.45, 2.75) is 19.4 Å². The zero-order valence-electron chi connectivity index (χ0n) is 8.99. The fraction of sp³-hybridized carbons (Fsp3) is 0.333. The van der Waals surface area contributed by atoms with E-state index in [1.54, 1.807) is 13.4 Å². The summed E-state index contributed by atoms with van der Waals surface area (Å²) in [5.41, 5.74) is 7.74. The van der Waals surface area contributed by atoms with Crippen LogP contribution in [0.25, 0.3) is 11.0 Å². The van der Waals surface area contributed by atoms with Gasteiger partial charge >= 0.3 is 0 Å². The molecule has 2 N–H and O–H groups in total. The highest BCUT2D eigenvalue weighted by atomic mass is 16.5. The van der Waals surface area contributed by atoms with E-state index in [4.69, 9.17) is 14.9 Å². The summed E-state index contributed by atoms with van der Waals surface area (Å²) in [5.74, 6) is 0.842. The van der Waals surface area contributed by atoms with Crippen LogP contribution in [0, 0.1) is 0 Å². The first kappa shape index (κ1) is 10.1. The van der Waals surface area contributed by atoms with Crippen LogP contribution in [0.3, 0.4) is 0 Å². The molecule has 1 unspecified atom stereocenters. The van der Waals surface area contributed by atoms with Crippen molar-refractivity contribution in [3.05, 3.63) is 30.0 Å². The quantitative estimate of drug-likeness (QED) is 0.836. The molecule has 0 aliphatic carbocycles. The molecule has 15 heavy (non-hydrogen) atoms. The third-order valence-corrected chi connectivity index (χ3v) is 2.43. The molecule has 0 radical (unpaired) electrons. The van der Waals surface area contributed by atoms with E-state index < -0.39 is 0 Å². The first-order valence-corrected chi connectivity index (χ1v) is 5.01. The number of fused-ring (bicyclic) bond motifs is 1. The van der Waals surface area contributed by atoms with Gasteiger partial charge in [-0.3, -0.25) is 0 Å². The lowest BCUT2D eigenvalue weighted by molar-refractivity contribution is 0.408. The summed E-state index contributed by atoms with van der Waals surface area (Å²) < 4.78 is 10.8. The highest BCUT2D eigenvalue weighted by Crippen LogP contribution is 2.29. The van der Waals surface area contributed by atoms with Crippen LogP contribution in [-0.2, 0) is 6.42 Å². The van der Waals surface area contributed by atoms with Gasteiger partial charge in [0.1, 0.15) is 11.3 Å². The number of furan rings is 1. The highest BCUT2D eigenvalue weighted by Gasteiger charge is 2.12. The molecule has 1 aromatic carbocycles. The summed E-state index contributed by atoms with van der Waals surface area (Å²) in [7, 11) is 1.66. The largest absolute Gasteiger partial charge is 0.496 e. The van der Waals surface area contributed by atoms with Crippen molar-refractivity contribution in [3.63, 3.8) is 0 Å². The molecular weight excluding hydrogens is 190 g/mol. The van der Waals surface area contributed by atoms with Crippen LogP contribution in [0.15, 0.2) is 28.9 Å². The van der Waals surface area contributed by atoms with E-state index >= 15 is 0 Å². The summed E-state index contributed by atoms with van der Waals surface area (Å²) in [5, 5.41) is 1.09. The van der Waals surface area contributed by atoms with E-state index in [0.717, 1.165) is 28.7 Å². The fourth-order valence-corrected chi connectivity index (χ4v) is 1.78. The lowest BCUT2D eigenvalue weighted by Gasteiger charge is -2.10. The Hall–Kier alpha value is -1.48. The van der Waals surface area contributed by atoms with E-state index in [1.807, 2.05) is 25.1 Å². The van der Waals surface area contributed by atoms with Crippen LogP contribution in [0.5, 0.6) is 5.75 Å². The lowest BCUT2D eigenvalue weighted by atomic mass is 10.0. The molecule has 1 atom stereocenters. The van der Waals surface area contributed by atoms with Crippen molar-refractivity contribution in [1.82, 2.24) is 0 Å². The number of nitrogens with two attached hydrogens (primary N) is 1. The number of methoxy groups -OCH3 is 1. The number of rotatable bonds is 3. The van der Waals surface area contributed by atoms with Crippen LogP contribution in [0.1, 0.15) is 12.5 Å². The second-order valence-corrected chi connectivity index (χ2v) is 3.77. The van der Waals surface area contributed by atoms with Crippen molar-refractivity contribution < 1.29 is 9.15 Å². The Morgan fingerprint density at radius 3 is 2.87 bits per heavy atom. The van der Waals surface area contributed by atoms with Crippen LogP contribution in [0.2, 0.25) is 0 Å². The van der Waals surface area contributed by atoms with Crippen molar-refractivity contribution in [3.8, 4) is 5.75 Å². The van der Waals surface area contributed by atoms with E-state index in [0.29, 0.717) is 0 Å². The van der Waals surface area contributed by atoms with Gasteiger partial charge in [-0.05, 0) is 31.5 Å². The Labute approximate surface area is 88.8 Å². The Bertz CT molecular complexity index is 460. The van der Waals surface area contributed by atoms with E-state index in [2.05, 4.69) is 0 Å². The minimum absolute atomic E-state index is 0.0922. The SMILES string of the molecule is COc1ccc2ccoc2c1CC(C)N. The summed E-state index contributed by atoms with van der Waals surface area (Å²) in [4.78, 5) is 0. The molecule has 0 saturated heterocycles. The monoisotopic (exact) mass is 205 g/mol. The minimum atomic E-state index is 0.0922. The van der Waals surface area contributed by atoms with E-state index in [1.165, 1.54) is 0 Å². The van der Waals surface area contributed by atoms with Crippen molar-refractivity contribution in [2.75, 3.05) is 7.11 Å². The smallest absolute Gasteiger partial charge is 0.140 e. The van der Waals surface area contributed by atoms with Gasteiger partial charge in [-0.2, -0.15) is 0 Å². The second-order valence-electron chi connectivity index (χ2n) is 3.77. The average Bonchev–Trinajstić information content (AvgIpc) is 2.65. The topological polar surface area (TPSA) is 48.4 Å². The molecular formula is C12H15NO2. The maximum absolute atomic E-state index is 5.81. The summed E-state index contributed by atoms with van der Waals surface area (Å²) in [6, 6.07) is 5.98. The lowest BCUT2D eigenvalue weighted by Crippen LogP contribution is -2.18. The molecule has 0 aliphatic heterocycles. The maximum Gasteiger partial charge on any atom is 0.140 e. The van der Waals surface area contributed by atoms with Crippen molar-refractivity contribution in [2.24, 2.45) is 5.73 Å². The highest BCUT2D eigenvalue weighted by molar-refractivity contribution is 5.82. The summed E-state index contributed by atoms with van der Waals surface area (Å²) in [6.07, 6.45) is 2.45. The molecule has 0 saturated carbocycles. The predicted molar refractivity (Wildman–Crippen MR) is 60.1 cm³/mol. The molecule has 80 valence electrons. The molecule has 0 spiro atoms. The molecule has 0 amide bonds. The van der Waals surface area contributed by atoms with E-state index in [9.17, 15) is 0 Å². The Morgan fingerprint density at radius 1 is 1.40 bits per heavy atom. The van der Waals surface area contributed by atoms with Crippen LogP contribution >= 0.6 is 0 Å². The van der Waals surface area contributed by atoms with Crippen LogP contribution in [0.4, 0.5) is 0 Å². The summed E-state index contributed by atoms with van der Waals surface area (Å²) >= 11 is 0. The molecule has 0 fully saturated rings. The van der Waals surface area contributed by atoms with Gasteiger partial charge in [0.15, 0.2) is 0 Å². The van der Waals surface area contributed by atoms with Gasteiger partial charge in [0.2, 0.25) is 0 Å². The number of ether oxygens (including phenoxy) is 1. The molecule has 1 heterocycles. The third kappa shape index (κ3) is 1.83. The van der Waals surface area contributed by atoms with Gasteiger partial charge < -0.3 is 14.9 Å². The predicted octanol–water partition coefficient (Wildman–Crippen LogP) is 2.33. The molecule has 0 bridgehead atoms. The molecule has 3 nitrogen and oxygen atoms in total. The van der Waals surface area contributed by atoms with Gasteiger partial charge in [0.05, 0.1) is 13.4 Å². The number of benzene rings is 1. The maximum atomic E-state index is 5.81. The molecule has 1 aromatic heterocycles. The third-order valence-electron chi connectivity index (χ3n) is 2.43. The molecule has 2 aromatic rings. The molecule has 0 aliphatic rings. The molecule has 3 heteroatoms. The van der Waals surface area contributed by atoms with Gasteiger partial charge in [0.25, 0.3) is 0 Å². The van der Waals surface area contributed by atoms with Gasteiger partial charge in [-0.15, -0.1) is 0 Å². The van der Waals surface area contributed by atoms with Crippen molar-refractivity contribution in [1.29, 1.82) is 0 Å². The zero-order chi connectivity index (χ0) is 10.8. The Kier molecular flexibility index (Phi) is 2.64. The fourth-order valence-electron chi connectivity index (χ4n) is 1.78. The standard InChI is InChI=1S/C12H15NO2/c1-8(13)7-10-11(14-2)4-3-9-5-6-15-12(9)10/h3-6,8H,7,13H2,1-2H3. The van der Waals surface area contributed by atoms with Gasteiger partial charge in [-0.25, -0.2) is 0 Å². The zero-order valence-corrected chi connectivity index (χ0v) is 8.99. The minimum Gasteiger partial charge on any atom is -0.496 e. The van der Waals surface area contributed by atoms with Crippen LogP contribution < -0.4 is 10.5 Å². The Morgan fingerprint density at radius 2 is 2.20 bits per heavy atom. The summed E-state index contributed by atoms with van der Waals surface area (Å²) in [6.45, 7) is 1.97. The van der Waals surface area contributed by atoms with Gasteiger partial charge in [-0.1, -0.05) is 0 Å². The number of hydrogen-bond donors (Lipinski definition) is 1. The molecule has 2 rings (SSSR count). The van der Waals surface area contributed by atoms with Crippen molar-refractivity contribution >= 4 is 11.0 Å². The van der Waals surface area contributed by atoms with E-state index in [-0.39, 0.29) is 6.04 Å². The average molecular weight is 205 g/mol. The van der Waals surface area contributed by atoms with Crippen LogP contribution in [-0.4, -0.2) is 13.2 Å². The normalized spacial score (nSPS) is 13.0. The second kappa shape index (κ2) is 3.95. The first-order valence-electron chi connectivity index (χ1n) is 5.01. The van der Waals surface area contributed by atoms with Gasteiger partial charge in [0, 0.05) is 17.0 Å². The Balaban J connectivity index is 2.58. The first-order chi connectivity index (χ1) is 7.22.